The summed E-state index contributed by atoms with van der Waals surface area (Å²) < 4.78 is 7.06. The molecule has 2 heterocycles. The van der Waals surface area contributed by atoms with Crippen LogP contribution in [0, 0.1) is 6.92 Å². The fourth-order valence-corrected chi connectivity index (χ4v) is 8.08. The van der Waals surface area contributed by atoms with Gasteiger partial charge < -0.3 is 14.5 Å². The molecule has 0 spiro atoms. The highest BCUT2D eigenvalue weighted by Crippen LogP contribution is 2.46. The van der Waals surface area contributed by atoms with Gasteiger partial charge in [0.05, 0.1) is 11.4 Å². The Morgan fingerprint density at radius 3 is 1.90 bits per heavy atom. The number of rotatable bonds is 4. The molecule has 8 aromatic carbocycles. The van der Waals surface area contributed by atoms with E-state index in [1.165, 1.54) is 54.9 Å². The average Bonchev–Trinajstić information content (AvgIpc) is 3.16. The lowest BCUT2D eigenvalue weighted by molar-refractivity contribution is 0.488. The number of hydrogen-bond acceptors (Lipinski definition) is 3. The van der Waals surface area contributed by atoms with E-state index in [1.807, 2.05) is 0 Å². The molecule has 0 amide bonds. The summed E-state index contributed by atoms with van der Waals surface area (Å²) >= 11 is 0. The Morgan fingerprint density at radius 1 is 0.490 bits per heavy atom. The van der Waals surface area contributed by atoms with Gasteiger partial charge in [0, 0.05) is 39.6 Å². The molecular formula is C45H31BN2O. The monoisotopic (exact) mass is 626 g/mol. The van der Waals surface area contributed by atoms with Crippen molar-refractivity contribution >= 4 is 78.8 Å². The van der Waals surface area contributed by atoms with Crippen LogP contribution in [0.3, 0.4) is 0 Å². The maximum absolute atomic E-state index is 7.06. The summed E-state index contributed by atoms with van der Waals surface area (Å²) in [5.41, 5.74) is 11.8. The predicted octanol–water partition coefficient (Wildman–Crippen LogP) is 10.2. The second-order valence-corrected chi connectivity index (χ2v) is 13.0. The Hall–Kier alpha value is -6.26. The number of anilines is 6. The van der Waals surface area contributed by atoms with Gasteiger partial charge in [0.2, 0.25) is 0 Å². The molecule has 0 atom stereocenters. The summed E-state index contributed by atoms with van der Waals surface area (Å²) in [5.74, 6) is 1.80. The molecule has 0 aromatic heterocycles. The molecule has 0 N–H and O–H groups in total. The number of nitrogens with zero attached hydrogens (tertiary/aromatic N) is 2. The molecule has 230 valence electrons. The first-order valence-corrected chi connectivity index (χ1v) is 16.9. The summed E-state index contributed by atoms with van der Waals surface area (Å²) in [6, 6.07) is 61.1. The second-order valence-electron chi connectivity index (χ2n) is 13.0. The number of ether oxygens (including phenoxy) is 1. The highest BCUT2D eigenvalue weighted by Gasteiger charge is 2.43. The summed E-state index contributed by atoms with van der Waals surface area (Å²) in [5, 5.41) is 4.83. The highest BCUT2D eigenvalue weighted by atomic mass is 16.5. The van der Waals surface area contributed by atoms with Gasteiger partial charge in [0.15, 0.2) is 0 Å². The van der Waals surface area contributed by atoms with Crippen molar-refractivity contribution < 1.29 is 4.74 Å². The van der Waals surface area contributed by atoms with E-state index in [9.17, 15) is 0 Å². The van der Waals surface area contributed by atoms with Gasteiger partial charge in [-0.25, -0.2) is 0 Å². The number of aryl methyl sites for hydroxylation is 1. The summed E-state index contributed by atoms with van der Waals surface area (Å²) in [7, 11) is 0. The zero-order valence-corrected chi connectivity index (χ0v) is 27.0. The number of benzene rings is 8. The maximum atomic E-state index is 7.06. The zero-order chi connectivity index (χ0) is 32.5. The molecule has 0 radical (unpaired) electrons. The molecule has 0 saturated carbocycles. The Morgan fingerprint density at radius 2 is 1.12 bits per heavy atom. The Balaban J connectivity index is 1.26. The van der Waals surface area contributed by atoms with Crippen LogP contribution in [0.5, 0.6) is 11.5 Å². The van der Waals surface area contributed by atoms with E-state index in [0.29, 0.717) is 0 Å². The maximum Gasteiger partial charge on any atom is 0.257 e. The van der Waals surface area contributed by atoms with E-state index in [4.69, 9.17) is 4.74 Å². The quantitative estimate of drug-likeness (QED) is 0.181. The van der Waals surface area contributed by atoms with E-state index in [-0.39, 0.29) is 6.71 Å². The summed E-state index contributed by atoms with van der Waals surface area (Å²) in [6.07, 6.45) is 0. The van der Waals surface area contributed by atoms with Crippen LogP contribution in [0.25, 0.3) is 21.5 Å². The SMILES string of the molecule is Cc1ccc2c(c1)B1c3c(cccc3N2c2cccc3ccccc23)Oc2cc(N(c3ccccc3)c3ccccc3)c3ccccc3c21. The van der Waals surface area contributed by atoms with Crippen molar-refractivity contribution in [2.24, 2.45) is 0 Å². The molecule has 4 heteroatoms. The molecule has 0 saturated heterocycles. The molecule has 49 heavy (non-hydrogen) atoms. The first-order valence-electron chi connectivity index (χ1n) is 16.9. The number of para-hydroxylation sites is 2. The molecule has 0 aliphatic carbocycles. The third-order valence-corrected chi connectivity index (χ3v) is 10.1. The third kappa shape index (κ3) is 4.24. The van der Waals surface area contributed by atoms with Crippen LogP contribution in [0.15, 0.2) is 170 Å². The molecule has 0 fully saturated rings. The lowest BCUT2D eigenvalue weighted by Crippen LogP contribution is -2.59. The standard InChI is InChI=1S/C45H31BN2O/c1-30-26-27-39-37(28-30)46-44-36-22-11-10-21-35(36)41(47(32-16-4-2-5-17-32)33-18-6-3-7-19-33)29-43(44)49-42-25-13-24-40(45(42)46)48(39)38-23-12-15-31-14-8-9-20-34(31)38/h2-29H,1H3. The first-order chi connectivity index (χ1) is 24.2. The lowest BCUT2D eigenvalue weighted by atomic mass is 9.33. The van der Waals surface area contributed by atoms with Crippen LogP contribution in [0.2, 0.25) is 0 Å². The minimum Gasteiger partial charge on any atom is -0.458 e. The number of fused-ring (bicyclic) bond motifs is 7. The lowest BCUT2D eigenvalue weighted by Gasteiger charge is -2.41. The average molecular weight is 627 g/mol. The van der Waals surface area contributed by atoms with Crippen LogP contribution in [0.1, 0.15) is 5.56 Å². The predicted molar refractivity (Wildman–Crippen MR) is 207 cm³/mol. The van der Waals surface area contributed by atoms with Gasteiger partial charge in [0.1, 0.15) is 11.5 Å². The van der Waals surface area contributed by atoms with Crippen LogP contribution < -0.4 is 30.9 Å². The van der Waals surface area contributed by atoms with Crippen molar-refractivity contribution in [3.63, 3.8) is 0 Å². The smallest absolute Gasteiger partial charge is 0.257 e. The Labute approximate surface area is 286 Å². The van der Waals surface area contributed by atoms with Crippen molar-refractivity contribution in [2.45, 2.75) is 6.92 Å². The van der Waals surface area contributed by atoms with Crippen molar-refractivity contribution in [3.05, 3.63) is 175 Å². The molecular weight excluding hydrogens is 595 g/mol. The molecule has 0 unspecified atom stereocenters. The molecule has 2 aliphatic rings. The fraction of sp³-hybridized carbons (Fsp3) is 0.0222. The van der Waals surface area contributed by atoms with Crippen molar-refractivity contribution in [1.82, 2.24) is 0 Å². The van der Waals surface area contributed by atoms with Crippen LogP contribution >= 0.6 is 0 Å². The van der Waals surface area contributed by atoms with Gasteiger partial charge in [-0.2, -0.15) is 0 Å². The minimum atomic E-state index is -0.00285. The van der Waals surface area contributed by atoms with E-state index in [0.717, 1.165) is 34.2 Å². The third-order valence-electron chi connectivity index (χ3n) is 10.1. The van der Waals surface area contributed by atoms with Crippen LogP contribution in [-0.4, -0.2) is 6.71 Å². The van der Waals surface area contributed by atoms with Gasteiger partial charge >= 0.3 is 0 Å². The Kier molecular flexibility index (Phi) is 6.19. The van der Waals surface area contributed by atoms with E-state index in [1.54, 1.807) is 0 Å². The van der Waals surface area contributed by atoms with Gasteiger partial charge in [0.25, 0.3) is 6.71 Å². The van der Waals surface area contributed by atoms with E-state index < -0.39 is 0 Å². The largest absolute Gasteiger partial charge is 0.458 e. The van der Waals surface area contributed by atoms with Crippen LogP contribution in [0.4, 0.5) is 34.1 Å². The van der Waals surface area contributed by atoms with Gasteiger partial charge in [-0.1, -0.05) is 121 Å². The Bertz CT molecular complexity index is 2520. The fourth-order valence-electron chi connectivity index (χ4n) is 8.08. The zero-order valence-electron chi connectivity index (χ0n) is 27.0. The molecule has 10 rings (SSSR count). The van der Waals surface area contributed by atoms with Crippen molar-refractivity contribution in [2.75, 3.05) is 9.80 Å². The van der Waals surface area contributed by atoms with Gasteiger partial charge in [-0.15, -0.1) is 0 Å². The van der Waals surface area contributed by atoms with Gasteiger partial charge in [-0.05, 0) is 82.6 Å². The molecule has 8 aromatic rings. The first kappa shape index (κ1) is 27.8. The van der Waals surface area contributed by atoms with E-state index in [2.05, 4.69) is 187 Å². The van der Waals surface area contributed by atoms with Crippen LogP contribution in [-0.2, 0) is 0 Å². The molecule has 3 nitrogen and oxygen atoms in total. The molecule has 2 aliphatic heterocycles. The topological polar surface area (TPSA) is 15.7 Å². The van der Waals surface area contributed by atoms with Crippen molar-refractivity contribution in [3.8, 4) is 11.5 Å². The second kappa shape index (κ2) is 10.9. The minimum absolute atomic E-state index is 0.00285. The summed E-state index contributed by atoms with van der Waals surface area (Å²) in [4.78, 5) is 4.79. The molecule has 0 bridgehead atoms. The van der Waals surface area contributed by atoms with Gasteiger partial charge in [-0.3, -0.25) is 0 Å². The van der Waals surface area contributed by atoms with Crippen molar-refractivity contribution in [1.29, 1.82) is 0 Å². The number of hydrogen-bond donors (Lipinski definition) is 0. The highest BCUT2D eigenvalue weighted by molar-refractivity contribution is 7.00. The van der Waals surface area contributed by atoms with E-state index >= 15 is 0 Å². The normalized spacial score (nSPS) is 12.7. The summed E-state index contributed by atoms with van der Waals surface area (Å²) in [6.45, 7) is 2.19.